The average Bonchev–Trinajstić information content (AvgIpc) is 3.15. The van der Waals surface area contributed by atoms with Gasteiger partial charge in [0.05, 0.1) is 32.7 Å². The van der Waals surface area contributed by atoms with Gasteiger partial charge in [-0.15, -0.1) is 0 Å². The van der Waals surface area contributed by atoms with Gasteiger partial charge in [-0.25, -0.2) is 9.97 Å². The summed E-state index contributed by atoms with van der Waals surface area (Å²) in [5.41, 5.74) is 15.8. The summed E-state index contributed by atoms with van der Waals surface area (Å²) in [4.78, 5) is 58.3. The van der Waals surface area contributed by atoms with Crippen molar-refractivity contribution in [3.05, 3.63) is 101 Å². The minimum atomic E-state index is -0.969. The number of ether oxygens (including phenoxy) is 2. The SMILES string of the molecule is COc1ccc(CNC(=O)CCC(NC(=O)c2ccc(N(C)Cc3cnc4nc(N)nc(N)c4n3)cc2)C(=O)NCc2ccc(OC)cc2)cc1. The van der Waals surface area contributed by atoms with Crippen LogP contribution in [0.5, 0.6) is 11.5 Å². The van der Waals surface area contributed by atoms with Gasteiger partial charge in [0.2, 0.25) is 17.8 Å². The number of carbonyl (C=O) groups is 3. The standard InChI is InChI=1S/C36H40N10O5/c1-46(21-25-20-40-33-31(42-25)32(37)44-36(38)45-33)26-10-8-24(9-11-26)34(48)43-29(35(49)41-19-23-6-14-28(51-3)15-7-23)16-17-30(47)39-18-22-4-12-27(50-2)13-5-22/h4-15,20,29H,16-19,21H2,1-3H3,(H,39,47)(H,41,49)(H,43,48)(H4,37,38,40,44,45). The maximum Gasteiger partial charge on any atom is 0.251 e. The molecule has 0 aliphatic heterocycles. The van der Waals surface area contributed by atoms with Crippen LogP contribution >= 0.6 is 0 Å². The van der Waals surface area contributed by atoms with Crippen molar-refractivity contribution in [1.29, 1.82) is 0 Å². The van der Waals surface area contributed by atoms with Crippen LogP contribution in [0.1, 0.15) is 40.0 Å². The molecule has 0 bridgehead atoms. The first-order valence-electron chi connectivity index (χ1n) is 16.1. The van der Waals surface area contributed by atoms with Crippen LogP contribution in [0.2, 0.25) is 0 Å². The predicted octanol–water partition coefficient (Wildman–Crippen LogP) is 2.75. The van der Waals surface area contributed by atoms with Gasteiger partial charge in [0.1, 0.15) is 17.5 Å². The lowest BCUT2D eigenvalue weighted by atomic mass is 10.1. The van der Waals surface area contributed by atoms with Crippen LogP contribution in [0.15, 0.2) is 79.0 Å². The number of benzene rings is 3. The maximum absolute atomic E-state index is 13.4. The van der Waals surface area contributed by atoms with Gasteiger partial charge in [-0.2, -0.15) is 9.97 Å². The summed E-state index contributed by atoms with van der Waals surface area (Å²) in [6.45, 7) is 0.930. The predicted molar refractivity (Wildman–Crippen MR) is 193 cm³/mol. The smallest absolute Gasteiger partial charge is 0.251 e. The second-order valence-electron chi connectivity index (χ2n) is 11.7. The van der Waals surface area contributed by atoms with E-state index in [1.807, 2.05) is 48.3 Å². The molecule has 0 saturated heterocycles. The zero-order chi connectivity index (χ0) is 36.3. The molecule has 0 radical (unpaired) electrons. The molecule has 0 fully saturated rings. The minimum Gasteiger partial charge on any atom is -0.497 e. The molecule has 51 heavy (non-hydrogen) atoms. The summed E-state index contributed by atoms with van der Waals surface area (Å²) in [5.74, 6) is 0.459. The number of nitrogen functional groups attached to an aromatic ring is 2. The Morgan fingerprint density at radius 3 is 2.02 bits per heavy atom. The molecular weight excluding hydrogens is 652 g/mol. The quantitative estimate of drug-likeness (QED) is 0.107. The van der Waals surface area contributed by atoms with Gasteiger partial charge in [-0.1, -0.05) is 24.3 Å². The number of rotatable bonds is 15. The van der Waals surface area contributed by atoms with Crippen molar-refractivity contribution in [2.24, 2.45) is 0 Å². The van der Waals surface area contributed by atoms with Crippen LogP contribution in [-0.4, -0.2) is 65.0 Å². The third kappa shape index (κ3) is 9.78. The first-order valence-corrected chi connectivity index (χ1v) is 16.1. The van der Waals surface area contributed by atoms with Gasteiger partial charge in [0.25, 0.3) is 5.91 Å². The van der Waals surface area contributed by atoms with Crippen molar-refractivity contribution >= 4 is 46.3 Å². The van der Waals surface area contributed by atoms with Gasteiger partial charge in [-0.3, -0.25) is 14.4 Å². The van der Waals surface area contributed by atoms with Gasteiger partial charge in [-0.05, 0) is 66.1 Å². The Balaban J connectivity index is 1.21. The van der Waals surface area contributed by atoms with Crippen LogP contribution in [-0.2, 0) is 29.2 Å². The van der Waals surface area contributed by atoms with Crippen molar-refractivity contribution in [2.45, 2.75) is 38.5 Å². The lowest BCUT2D eigenvalue weighted by molar-refractivity contribution is -0.124. The average molecular weight is 693 g/mol. The zero-order valence-electron chi connectivity index (χ0n) is 28.6. The third-order valence-corrected chi connectivity index (χ3v) is 8.03. The van der Waals surface area contributed by atoms with E-state index in [0.717, 1.165) is 22.6 Å². The fourth-order valence-corrected chi connectivity index (χ4v) is 5.13. The van der Waals surface area contributed by atoms with Crippen LogP contribution in [0, 0.1) is 0 Å². The minimum absolute atomic E-state index is 0.0175. The fraction of sp³-hybridized carbons (Fsp3) is 0.250. The first kappa shape index (κ1) is 35.8. The molecule has 2 heterocycles. The summed E-state index contributed by atoms with van der Waals surface area (Å²) in [5, 5.41) is 8.55. The Morgan fingerprint density at radius 1 is 0.804 bits per heavy atom. The lowest BCUT2D eigenvalue weighted by Crippen LogP contribution is -2.47. The molecule has 0 aliphatic rings. The lowest BCUT2D eigenvalue weighted by Gasteiger charge is -2.20. The molecule has 5 aromatic rings. The van der Waals surface area contributed by atoms with Crippen LogP contribution < -0.4 is 41.8 Å². The normalized spacial score (nSPS) is 11.4. The number of methoxy groups -OCH3 is 2. The second-order valence-corrected chi connectivity index (χ2v) is 11.7. The number of hydrogen-bond acceptors (Lipinski definition) is 12. The monoisotopic (exact) mass is 692 g/mol. The van der Waals surface area contributed by atoms with E-state index in [9.17, 15) is 14.4 Å². The molecule has 15 nitrogen and oxygen atoms in total. The van der Waals surface area contributed by atoms with Crippen molar-refractivity contribution in [1.82, 2.24) is 35.9 Å². The van der Waals surface area contributed by atoms with Crippen molar-refractivity contribution in [3.8, 4) is 11.5 Å². The van der Waals surface area contributed by atoms with Crippen molar-refractivity contribution < 1.29 is 23.9 Å². The number of nitrogens with zero attached hydrogens (tertiary/aromatic N) is 5. The van der Waals surface area contributed by atoms with E-state index in [-0.39, 0.29) is 37.1 Å². The van der Waals surface area contributed by atoms with Crippen molar-refractivity contribution in [3.63, 3.8) is 0 Å². The molecule has 0 spiro atoms. The molecule has 15 heteroatoms. The Bertz CT molecular complexity index is 1970. The molecule has 264 valence electrons. The number of carbonyl (C=O) groups excluding carboxylic acids is 3. The highest BCUT2D eigenvalue weighted by atomic mass is 16.5. The molecule has 3 amide bonds. The van der Waals surface area contributed by atoms with E-state index in [1.54, 1.807) is 56.8 Å². The molecule has 5 rings (SSSR count). The number of nitrogens with two attached hydrogens (primary N) is 2. The van der Waals surface area contributed by atoms with E-state index in [0.29, 0.717) is 41.3 Å². The summed E-state index contributed by atoms with van der Waals surface area (Å²) < 4.78 is 10.4. The largest absolute Gasteiger partial charge is 0.497 e. The summed E-state index contributed by atoms with van der Waals surface area (Å²) in [7, 11) is 5.03. The second kappa shape index (κ2) is 16.7. The number of amides is 3. The van der Waals surface area contributed by atoms with E-state index in [1.165, 1.54) is 0 Å². The zero-order valence-corrected chi connectivity index (χ0v) is 28.6. The molecular formula is C36H40N10O5. The van der Waals surface area contributed by atoms with Crippen LogP contribution in [0.3, 0.4) is 0 Å². The number of nitrogens with one attached hydrogen (secondary N) is 3. The summed E-state index contributed by atoms with van der Waals surface area (Å²) >= 11 is 0. The van der Waals surface area contributed by atoms with Gasteiger partial charge >= 0.3 is 0 Å². The molecule has 0 aliphatic carbocycles. The highest BCUT2D eigenvalue weighted by Gasteiger charge is 2.23. The number of aromatic nitrogens is 4. The molecule has 2 aromatic heterocycles. The van der Waals surface area contributed by atoms with E-state index in [2.05, 4.69) is 35.9 Å². The Morgan fingerprint density at radius 2 is 1.41 bits per heavy atom. The molecule has 7 N–H and O–H groups in total. The van der Waals surface area contributed by atoms with Crippen LogP contribution in [0.25, 0.3) is 11.2 Å². The van der Waals surface area contributed by atoms with E-state index < -0.39 is 17.9 Å². The Hall–Kier alpha value is -6.51. The first-order chi connectivity index (χ1) is 24.6. The highest BCUT2D eigenvalue weighted by Crippen LogP contribution is 2.19. The molecule has 1 atom stereocenters. The molecule has 1 unspecified atom stereocenters. The van der Waals surface area contributed by atoms with Gasteiger partial charge < -0.3 is 41.8 Å². The summed E-state index contributed by atoms with van der Waals surface area (Å²) in [6.07, 6.45) is 1.69. The number of fused-ring (bicyclic) bond motifs is 1. The van der Waals surface area contributed by atoms with Gasteiger partial charge in [0, 0.05) is 37.8 Å². The summed E-state index contributed by atoms with van der Waals surface area (Å²) in [6, 6.07) is 20.5. The Labute approximate surface area is 294 Å². The van der Waals surface area contributed by atoms with Gasteiger partial charge in [0.15, 0.2) is 17.0 Å². The maximum atomic E-state index is 13.4. The van der Waals surface area contributed by atoms with E-state index >= 15 is 0 Å². The topological polar surface area (TPSA) is 213 Å². The van der Waals surface area contributed by atoms with E-state index in [4.69, 9.17) is 20.9 Å². The fourth-order valence-electron chi connectivity index (χ4n) is 5.13. The number of hydrogen-bond donors (Lipinski definition) is 5. The van der Waals surface area contributed by atoms with Crippen molar-refractivity contribution in [2.75, 3.05) is 37.6 Å². The molecule has 0 saturated carbocycles. The third-order valence-electron chi connectivity index (χ3n) is 8.03. The van der Waals surface area contributed by atoms with Crippen LogP contribution in [0.4, 0.5) is 17.5 Å². The highest BCUT2D eigenvalue weighted by molar-refractivity contribution is 5.98. The molecule has 3 aromatic carbocycles. The number of anilines is 3. The Kier molecular flexibility index (Phi) is 11.7.